The second-order valence-electron chi connectivity index (χ2n) is 5.38. The van der Waals surface area contributed by atoms with Gasteiger partial charge in [0.2, 0.25) is 0 Å². The average Bonchev–Trinajstić information content (AvgIpc) is 2.16. The molecule has 0 unspecified atom stereocenters. The summed E-state index contributed by atoms with van der Waals surface area (Å²) in [5.74, 6) is 0.0856. The van der Waals surface area contributed by atoms with E-state index in [9.17, 15) is 8.78 Å². The summed E-state index contributed by atoms with van der Waals surface area (Å²) in [5.41, 5.74) is 0. The summed E-state index contributed by atoms with van der Waals surface area (Å²) in [4.78, 5) is 0. The van der Waals surface area contributed by atoms with Gasteiger partial charge in [0.15, 0.2) is 0 Å². The Morgan fingerprint density at radius 3 is 1.31 bits per heavy atom. The third-order valence-electron chi connectivity index (χ3n) is 2.65. The molecule has 0 amide bonds. The lowest BCUT2D eigenvalue weighted by Crippen LogP contribution is -1.91. The van der Waals surface area contributed by atoms with E-state index < -0.39 is 11.7 Å². The fraction of sp³-hybridized carbons (Fsp3) is 0.857. The van der Waals surface area contributed by atoms with Gasteiger partial charge >= 0.3 is 0 Å². The molecular formula is C14H26F2. The Bertz CT molecular complexity index is 183. The first-order valence-corrected chi connectivity index (χ1v) is 6.46. The van der Waals surface area contributed by atoms with Gasteiger partial charge in [-0.25, -0.2) is 8.78 Å². The van der Waals surface area contributed by atoms with Gasteiger partial charge in [-0.2, -0.15) is 0 Å². The Labute approximate surface area is 99.1 Å². The first-order valence-electron chi connectivity index (χ1n) is 6.46. The highest BCUT2D eigenvalue weighted by atomic mass is 19.2. The minimum Gasteiger partial charge on any atom is -0.209 e. The van der Waals surface area contributed by atoms with Crippen LogP contribution in [0.15, 0.2) is 11.7 Å². The Hall–Kier alpha value is -0.400. The zero-order chi connectivity index (χ0) is 12.6. The highest BCUT2D eigenvalue weighted by Crippen LogP contribution is 2.22. The van der Waals surface area contributed by atoms with Gasteiger partial charge in [0.1, 0.15) is 11.7 Å². The van der Waals surface area contributed by atoms with Crippen LogP contribution in [0.4, 0.5) is 8.78 Å². The van der Waals surface area contributed by atoms with Crippen LogP contribution in [0, 0.1) is 11.8 Å². The summed E-state index contributed by atoms with van der Waals surface area (Å²) in [6, 6.07) is 0. The van der Waals surface area contributed by atoms with Crippen LogP contribution in [-0.2, 0) is 0 Å². The molecule has 2 heteroatoms. The zero-order valence-electron chi connectivity index (χ0n) is 11.2. The van der Waals surface area contributed by atoms with E-state index in [4.69, 9.17) is 0 Å². The van der Waals surface area contributed by atoms with E-state index in [-0.39, 0.29) is 12.8 Å². The summed E-state index contributed by atoms with van der Waals surface area (Å²) in [5, 5.41) is 0. The number of allylic oxidation sites excluding steroid dienone is 2. The molecule has 0 N–H and O–H groups in total. The van der Waals surface area contributed by atoms with Crippen molar-refractivity contribution < 1.29 is 8.78 Å². The topological polar surface area (TPSA) is 0 Å². The Morgan fingerprint density at radius 1 is 0.750 bits per heavy atom. The van der Waals surface area contributed by atoms with Crippen LogP contribution in [-0.4, -0.2) is 0 Å². The van der Waals surface area contributed by atoms with E-state index in [0.29, 0.717) is 11.8 Å². The lowest BCUT2D eigenvalue weighted by Gasteiger charge is -2.05. The quantitative estimate of drug-likeness (QED) is 0.497. The van der Waals surface area contributed by atoms with E-state index >= 15 is 0 Å². The van der Waals surface area contributed by atoms with E-state index in [2.05, 4.69) is 27.7 Å². The molecular weight excluding hydrogens is 206 g/mol. The fourth-order valence-electron chi connectivity index (χ4n) is 1.60. The zero-order valence-corrected chi connectivity index (χ0v) is 11.2. The standard InChI is InChI=1S/C14H26F2/c1-11(2)7-5-9-13(15)14(16)10-6-8-12(3)4/h11-12H,5-10H2,1-4H3. The molecule has 0 bridgehead atoms. The maximum absolute atomic E-state index is 13.3. The SMILES string of the molecule is CC(C)CCCC(F)=C(F)CCCC(C)C. The minimum absolute atomic E-state index is 0.270. The Balaban J connectivity index is 3.77. The van der Waals surface area contributed by atoms with Gasteiger partial charge in [0.05, 0.1) is 0 Å². The highest BCUT2D eigenvalue weighted by Gasteiger charge is 2.07. The maximum atomic E-state index is 13.3. The second kappa shape index (κ2) is 8.72. The van der Waals surface area contributed by atoms with Gasteiger partial charge in [-0.15, -0.1) is 0 Å². The lowest BCUT2D eigenvalue weighted by atomic mass is 10.0. The summed E-state index contributed by atoms with van der Waals surface area (Å²) in [7, 11) is 0. The van der Waals surface area contributed by atoms with Crippen molar-refractivity contribution in [3.8, 4) is 0 Å². The molecule has 0 saturated heterocycles. The number of hydrogen-bond acceptors (Lipinski definition) is 0. The number of hydrogen-bond donors (Lipinski definition) is 0. The van der Waals surface area contributed by atoms with Crippen molar-refractivity contribution in [1.29, 1.82) is 0 Å². The van der Waals surface area contributed by atoms with Gasteiger partial charge in [0.25, 0.3) is 0 Å². The average molecular weight is 232 g/mol. The van der Waals surface area contributed by atoms with E-state index in [0.717, 1.165) is 25.7 Å². The summed E-state index contributed by atoms with van der Waals surface area (Å²) >= 11 is 0. The first kappa shape index (κ1) is 15.6. The van der Waals surface area contributed by atoms with Crippen molar-refractivity contribution in [2.45, 2.75) is 66.2 Å². The summed E-state index contributed by atoms with van der Waals surface area (Å²) in [6.45, 7) is 8.39. The largest absolute Gasteiger partial charge is 0.209 e. The van der Waals surface area contributed by atoms with Gasteiger partial charge in [0, 0.05) is 12.8 Å². The molecule has 16 heavy (non-hydrogen) atoms. The molecule has 0 aromatic heterocycles. The van der Waals surface area contributed by atoms with Crippen molar-refractivity contribution in [3.05, 3.63) is 11.7 Å². The number of halogens is 2. The molecule has 0 fully saturated rings. The molecule has 0 aliphatic rings. The van der Waals surface area contributed by atoms with E-state index in [1.165, 1.54) is 0 Å². The predicted molar refractivity (Wildman–Crippen MR) is 66.6 cm³/mol. The molecule has 0 spiro atoms. The van der Waals surface area contributed by atoms with Crippen LogP contribution in [0.5, 0.6) is 0 Å². The third-order valence-corrected chi connectivity index (χ3v) is 2.65. The van der Waals surface area contributed by atoms with Crippen LogP contribution in [0.25, 0.3) is 0 Å². The van der Waals surface area contributed by atoms with Crippen LogP contribution in [0.2, 0.25) is 0 Å². The first-order chi connectivity index (χ1) is 7.43. The van der Waals surface area contributed by atoms with Gasteiger partial charge in [-0.3, -0.25) is 0 Å². The summed E-state index contributed by atoms with van der Waals surface area (Å²) in [6.07, 6.45) is 3.97. The van der Waals surface area contributed by atoms with Crippen LogP contribution >= 0.6 is 0 Å². The van der Waals surface area contributed by atoms with Crippen LogP contribution in [0.1, 0.15) is 66.2 Å². The van der Waals surface area contributed by atoms with Crippen molar-refractivity contribution in [2.75, 3.05) is 0 Å². The number of rotatable bonds is 8. The van der Waals surface area contributed by atoms with Crippen LogP contribution in [0.3, 0.4) is 0 Å². The monoisotopic (exact) mass is 232 g/mol. The molecule has 0 atom stereocenters. The van der Waals surface area contributed by atoms with E-state index in [1.807, 2.05) is 0 Å². The highest BCUT2D eigenvalue weighted by molar-refractivity contribution is 4.99. The molecule has 0 aliphatic heterocycles. The van der Waals surface area contributed by atoms with E-state index in [1.54, 1.807) is 0 Å². The lowest BCUT2D eigenvalue weighted by molar-refractivity contribution is 0.445. The maximum Gasteiger partial charge on any atom is 0.131 e. The Kier molecular flexibility index (Phi) is 8.50. The van der Waals surface area contributed by atoms with Gasteiger partial charge in [-0.1, -0.05) is 40.5 Å². The molecule has 0 nitrogen and oxygen atoms in total. The molecule has 0 aromatic carbocycles. The molecule has 0 aromatic rings. The van der Waals surface area contributed by atoms with Crippen molar-refractivity contribution >= 4 is 0 Å². The molecule has 0 rings (SSSR count). The third kappa shape index (κ3) is 8.87. The molecule has 0 saturated carbocycles. The molecule has 0 aliphatic carbocycles. The summed E-state index contributed by atoms with van der Waals surface area (Å²) < 4.78 is 26.6. The molecule has 0 radical (unpaired) electrons. The normalized spacial score (nSPS) is 13.5. The van der Waals surface area contributed by atoms with Crippen molar-refractivity contribution in [1.82, 2.24) is 0 Å². The fourth-order valence-corrected chi connectivity index (χ4v) is 1.60. The van der Waals surface area contributed by atoms with Crippen LogP contribution < -0.4 is 0 Å². The Morgan fingerprint density at radius 2 is 1.06 bits per heavy atom. The minimum atomic E-state index is -0.524. The van der Waals surface area contributed by atoms with Gasteiger partial charge < -0.3 is 0 Å². The predicted octanol–water partition coefficient (Wildman–Crippen LogP) is 5.79. The second-order valence-corrected chi connectivity index (χ2v) is 5.38. The van der Waals surface area contributed by atoms with Crippen molar-refractivity contribution in [3.63, 3.8) is 0 Å². The van der Waals surface area contributed by atoms with Gasteiger partial charge in [-0.05, 0) is 24.7 Å². The molecule has 96 valence electrons. The smallest absolute Gasteiger partial charge is 0.131 e. The van der Waals surface area contributed by atoms with Crippen molar-refractivity contribution in [2.24, 2.45) is 11.8 Å². The molecule has 0 heterocycles.